The van der Waals surface area contributed by atoms with Gasteiger partial charge in [0, 0.05) is 39.6 Å². The number of hydrogen-bond donors (Lipinski definition) is 0. The van der Waals surface area contributed by atoms with Crippen LogP contribution < -0.4 is 0 Å². The third-order valence-corrected chi connectivity index (χ3v) is 5.37. The van der Waals surface area contributed by atoms with Crippen molar-refractivity contribution in [1.82, 2.24) is 4.57 Å². The second-order valence-corrected chi connectivity index (χ2v) is 8.00. The Labute approximate surface area is 146 Å². The molecule has 25 heavy (non-hydrogen) atoms. The Morgan fingerprint density at radius 1 is 0.720 bits per heavy atom. The van der Waals surface area contributed by atoms with Crippen molar-refractivity contribution >= 4 is 43.7 Å². The normalized spacial score (nSPS) is 12.8. The lowest BCUT2D eigenvalue weighted by molar-refractivity contribution is 0.591. The topological polar surface area (TPSA) is 18.1 Å². The molecule has 0 spiro atoms. The Bertz CT molecular complexity index is 1280. The van der Waals surface area contributed by atoms with Gasteiger partial charge in [-0.2, -0.15) is 0 Å². The summed E-state index contributed by atoms with van der Waals surface area (Å²) in [5.41, 5.74) is 5.95. The van der Waals surface area contributed by atoms with Gasteiger partial charge < -0.3 is 8.98 Å². The molecule has 0 amide bonds. The molecule has 2 heterocycles. The monoisotopic (exact) mass is 327 g/mol. The summed E-state index contributed by atoms with van der Waals surface area (Å²) in [6.45, 7) is 6.78. The molecule has 2 heteroatoms. The van der Waals surface area contributed by atoms with Crippen LogP contribution in [0.25, 0.3) is 43.7 Å². The lowest BCUT2D eigenvalue weighted by Gasteiger charge is -2.19. The first kappa shape index (κ1) is 14.6. The lowest BCUT2D eigenvalue weighted by atomic mass is 9.86. The first-order chi connectivity index (χ1) is 11.9. The largest absolute Gasteiger partial charge is 0.456 e. The van der Waals surface area contributed by atoms with Crippen LogP contribution in [0.3, 0.4) is 0 Å². The van der Waals surface area contributed by atoms with Gasteiger partial charge in [-0.1, -0.05) is 51.1 Å². The molecule has 0 aliphatic rings. The van der Waals surface area contributed by atoms with E-state index in [1.165, 1.54) is 38.1 Å². The summed E-state index contributed by atoms with van der Waals surface area (Å²) in [4.78, 5) is 0. The third kappa shape index (κ3) is 1.97. The van der Waals surface area contributed by atoms with Crippen LogP contribution in [0.2, 0.25) is 0 Å². The maximum absolute atomic E-state index is 6.09. The van der Waals surface area contributed by atoms with Crippen LogP contribution in [0, 0.1) is 0 Å². The smallest absolute Gasteiger partial charge is 0.136 e. The molecule has 2 nitrogen and oxygen atoms in total. The van der Waals surface area contributed by atoms with Gasteiger partial charge in [0.05, 0.1) is 0 Å². The Morgan fingerprint density at radius 3 is 2.28 bits per heavy atom. The summed E-state index contributed by atoms with van der Waals surface area (Å²) in [7, 11) is 2.16. The zero-order chi connectivity index (χ0) is 17.3. The molecule has 0 fully saturated rings. The van der Waals surface area contributed by atoms with Crippen molar-refractivity contribution in [1.29, 1.82) is 0 Å². The zero-order valence-corrected chi connectivity index (χ0v) is 15.1. The minimum absolute atomic E-state index is 0.147. The van der Waals surface area contributed by atoms with Crippen molar-refractivity contribution in [2.45, 2.75) is 26.2 Å². The molecular weight excluding hydrogens is 306 g/mol. The molecule has 0 radical (unpaired) electrons. The molecule has 0 saturated heterocycles. The van der Waals surface area contributed by atoms with Gasteiger partial charge in [0.25, 0.3) is 0 Å². The van der Waals surface area contributed by atoms with E-state index in [0.29, 0.717) is 0 Å². The average Bonchev–Trinajstić information content (AvgIpc) is 3.08. The van der Waals surface area contributed by atoms with Crippen molar-refractivity contribution in [2.75, 3.05) is 0 Å². The molecular formula is C23H21NO. The summed E-state index contributed by atoms with van der Waals surface area (Å²) >= 11 is 0. The number of furan rings is 1. The number of para-hydroxylation sites is 1. The SMILES string of the molecule is Cn1c2cc(C(C)(C)C)ccc2c2cc3oc4ccccc4c3cc21. The average molecular weight is 327 g/mol. The standard InChI is InChI=1S/C23H21NO/c1-23(2,3)14-9-10-15-17-13-22-18(12-20(17)24(4)19(15)11-14)16-7-5-6-8-21(16)25-22/h5-13H,1-4H3. The van der Waals surface area contributed by atoms with E-state index in [1.54, 1.807) is 0 Å². The van der Waals surface area contributed by atoms with Gasteiger partial charge in [-0.3, -0.25) is 0 Å². The highest BCUT2D eigenvalue weighted by molar-refractivity contribution is 6.16. The fourth-order valence-corrected chi connectivity index (χ4v) is 3.89. The predicted molar refractivity (Wildman–Crippen MR) is 106 cm³/mol. The van der Waals surface area contributed by atoms with E-state index in [4.69, 9.17) is 4.42 Å². The van der Waals surface area contributed by atoms with Crippen LogP contribution in [-0.4, -0.2) is 4.57 Å². The van der Waals surface area contributed by atoms with Crippen molar-refractivity contribution in [2.24, 2.45) is 7.05 Å². The van der Waals surface area contributed by atoms with Crippen LogP contribution in [-0.2, 0) is 12.5 Å². The third-order valence-electron chi connectivity index (χ3n) is 5.37. The van der Waals surface area contributed by atoms with Crippen molar-refractivity contribution < 1.29 is 4.42 Å². The summed E-state index contributed by atoms with van der Waals surface area (Å²) in [5, 5.41) is 4.91. The lowest BCUT2D eigenvalue weighted by Crippen LogP contribution is -2.10. The van der Waals surface area contributed by atoms with Crippen LogP contribution in [0.1, 0.15) is 26.3 Å². The number of aryl methyl sites for hydroxylation is 1. The zero-order valence-electron chi connectivity index (χ0n) is 15.1. The Morgan fingerprint density at radius 2 is 1.48 bits per heavy atom. The highest BCUT2D eigenvalue weighted by Gasteiger charge is 2.17. The van der Waals surface area contributed by atoms with Gasteiger partial charge in [-0.15, -0.1) is 0 Å². The van der Waals surface area contributed by atoms with Gasteiger partial charge >= 0.3 is 0 Å². The van der Waals surface area contributed by atoms with E-state index < -0.39 is 0 Å². The van der Waals surface area contributed by atoms with Crippen molar-refractivity contribution in [3.63, 3.8) is 0 Å². The minimum Gasteiger partial charge on any atom is -0.456 e. The van der Waals surface area contributed by atoms with Crippen LogP contribution in [0.15, 0.2) is 59.0 Å². The number of nitrogens with zero attached hydrogens (tertiary/aromatic N) is 1. The van der Waals surface area contributed by atoms with E-state index in [2.05, 4.69) is 74.9 Å². The highest BCUT2D eigenvalue weighted by atomic mass is 16.3. The first-order valence-electron chi connectivity index (χ1n) is 8.77. The number of fused-ring (bicyclic) bond motifs is 6. The maximum atomic E-state index is 6.09. The number of rotatable bonds is 0. The molecule has 5 rings (SSSR count). The molecule has 0 saturated carbocycles. The van der Waals surface area contributed by atoms with E-state index in [-0.39, 0.29) is 5.41 Å². The van der Waals surface area contributed by atoms with Gasteiger partial charge in [0.15, 0.2) is 0 Å². The van der Waals surface area contributed by atoms with Crippen LogP contribution in [0.5, 0.6) is 0 Å². The summed E-state index contributed by atoms with van der Waals surface area (Å²) in [6, 6.07) is 19.6. The van der Waals surface area contributed by atoms with E-state index in [1.807, 2.05) is 12.1 Å². The molecule has 5 aromatic rings. The molecule has 2 aromatic heterocycles. The Hall–Kier alpha value is -2.74. The number of hydrogen-bond acceptors (Lipinski definition) is 1. The van der Waals surface area contributed by atoms with Crippen molar-refractivity contribution in [3.05, 3.63) is 60.2 Å². The molecule has 0 aliphatic carbocycles. The quantitative estimate of drug-likeness (QED) is 0.316. The summed E-state index contributed by atoms with van der Waals surface area (Å²) in [5.74, 6) is 0. The number of benzene rings is 3. The fraction of sp³-hybridized carbons (Fsp3) is 0.217. The highest BCUT2D eigenvalue weighted by Crippen LogP contribution is 2.37. The van der Waals surface area contributed by atoms with Gasteiger partial charge in [0.1, 0.15) is 11.2 Å². The van der Waals surface area contributed by atoms with E-state index >= 15 is 0 Å². The predicted octanol–water partition coefficient (Wildman–Crippen LogP) is 6.53. The molecule has 124 valence electrons. The van der Waals surface area contributed by atoms with Crippen LogP contribution in [0.4, 0.5) is 0 Å². The first-order valence-corrected chi connectivity index (χ1v) is 8.77. The van der Waals surface area contributed by atoms with Gasteiger partial charge in [-0.05, 0) is 35.2 Å². The maximum Gasteiger partial charge on any atom is 0.136 e. The van der Waals surface area contributed by atoms with Gasteiger partial charge in [0.2, 0.25) is 0 Å². The molecule has 0 bridgehead atoms. The van der Waals surface area contributed by atoms with Gasteiger partial charge in [-0.25, -0.2) is 0 Å². The Balaban J connectivity index is 1.92. The molecule has 0 aliphatic heterocycles. The molecule has 0 atom stereocenters. The second kappa shape index (κ2) is 4.66. The summed E-state index contributed by atoms with van der Waals surface area (Å²) in [6.07, 6.45) is 0. The minimum atomic E-state index is 0.147. The van der Waals surface area contributed by atoms with E-state index in [9.17, 15) is 0 Å². The van der Waals surface area contributed by atoms with Crippen molar-refractivity contribution in [3.8, 4) is 0 Å². The van der Waals surface area contributed by atoms with E-state index in [0.717, 1.165) is 11.2 Å². The fourth-order valence-electron chi connectivity index (χ4n) is 3.89. The van der Waals surface area contributed by atoms with Crippen LogP contribution >= 0.6 is 0 Å². The number of aromatic nitrogens is 1. The molecule has 3 aromatic carbocycles. The molecule has 0 N–H and O–H groups in total. The summed E-state index contributed by atoms with van der Waals surface area (Å²) < 4.78 is 8.39. The molecule has 0 unspecified atom stereocenters. The Kier molecular flexibility index (Phi) is 2.72. The second-order valence-electron chi connectivity index (χ2n) is 8.00.